The lowest BCUT2D eigenvalue weighted by Crippen LogP contribution is -2.45. The SMILES string of the molecule is CNC(=O)c1cc2cccnc2c(N2CCCc3cc(-c4cnn(C5CN(C)C5)c4)c(C(F)F)cc32)n1. The van der Waals surface area contributed by atoms with Crippen LogP contribution in [-0.4, -0.2) is 64.3 Å². The molecule has 4 aromatic rings. The Morgan fingerprint density at radius 3 is 2.81 bits per heavy atom. The molecule has 0 radical (unpaired) electrons. The number of carbonyl (C=O) groups excluding carboxylic acids is 1. The van der Waals surface area contributed by atoms with Gasteiger partial charge in [-0.2, -0.15) is 5.10 Å². The topological polar surface area (TPSA) is 79.2 Å². The van der Waals surface area contributed by atoms with E-state index in [0.29, 0.717) is 34.7 Å². The van der Waals surface area contributed by atoms with Gasteiger partial charge in [-0.1, -0.05) is 6.07 Å². The molecule has 0 spiro atoms. The first kappa shape index (κ1) is 23.5. The van der Waals surface area contributed by atoms with E-state index in [-0.39, 0.29) is 23.2 Å². The number of fused-ring (bicyclic) bond motifs is 2. The number of nitrogens with zero attached hydrogens (tertiary/aromatic N) is 6. The largest absolute Gasteiger partial charge is 0.354 e. The first-order chi connectivity index (χ1) is 17.9. The Hall–Kier alpha value is -3.92. The molecule has 1 fully saturated rings. The van der Waals surface area contributed by atoms with Crippen molar-refractivity contribution in [3.05, 3.63) is 65.7 Å². The summed E-state index contributed by atoms with van der Waals surface area (Å²) in [5.74, 6) is 0.176. The van der Waals surface area contributed by atoms with Crippen LogP contribution in [0.25, 0.3) is 22.0 Å². The van der Waals surface area contributed by atoms with Crippen molar-refractivity contribution in [1.82, 2.24) is 30.0 Å². The maximum atomic E-state index is 14.4. The van der Waals surface area contributed by atoms with Gasteiger partial charge in [0, 0.05) is 61.3 Å². The number of likely N-dealkylation sites (tertiary alicyclic amines) is 1. The summed E-state index contributed by atoms with van der Waals surface area (Å²) in [5.41, 5.74) is 3.66. The molecule has 0 bridgehead atoms. The number of nitrogens with one attached hydrogen (secondary N) is 1. The molecule has 6 rings (SSSR count). The Balaban J connectivity index is 1.46. The predicted octanol–water partition coefficient (Wildman–Crippen LogP) is 4.36. The van der Waals surface area contributed by atoms with Gasteiger partial charge in [0.1, 0.15) is 11.2 Å². The van der Waals surface area contributed by atoms with E-state index >= 15 is 0 Å². The van der Waals surface area contributed by atoms with Gasteiger partial charge in [0.15, 0.2) is 5.82 Å². The third-order valence-electron chi connectivity index (χ3n) is 7.22. The first-order valence-corrected chi connectivity index (χ1v) is 12.4. The molecule has 2 aliphatic rings. The van der Waals surface area contributed by atoms with Crippen LogP contribution in [0.1, 0.15) is 40.5 Å². The van der Waals surface area contributed by atoms with E-state index in [0.717, 1.165) is 36.9 Å². The summed E-state index contributed by atoms with van der Waals surface area (Å²) >= 11 is 0. The number of likely N-dealkylation sites (N-methyl/N-ethyl adjacent to an activating group) is 1. The Bertz CT molecular complexity index is 1500. The molecular weight excluding hydrogens is 476 g/mol. The fourth-order valence-corrected chi connectivity index (χ4v) is 5.31. The van der Waals surface area contributed by atoms with Crippen molar-refractivity contribution in [2.75, 3.05) is 38.6 Å². The average molecular weight is 504 g/mol. The standard InChI is InChI=1S/C27H27F2N7O/c1-30-27(37)22-10-17-5-3-7-31-24(17)26(33-22)35-8-4-6-16-9-20(21(25(28)29)11-23(16)35)18-12-32-36(13-18)19-14-34(2)15-19/h3,5,7,9-13,19,25H,4,6,8,14-15H2,1-2H3,(H,30,37). The molecule has 1 amide bonds. The fourth-order valence-electron chi connectivity index (χ4n) is 5.31. The minimum atomic E-state index is -2.66. The van der Waals surface area contributed by atoms with Gasteiger partial charge in [-0.3, -0.25) is 14.5 Å². The Labute approximate surface area is 212 Å². The van der Waals surface area contributed by atoms with E-state index in [1.807, 2.05) is 35.0 Å². The normalized spacial score (nSPS) is 16.2. The number of halogens is 2. The molecule has 0 atom stereocenters. The molecular formula is C27H27F2N7O. The number of carbonyl (C=O) groups is 1. The summed E-state index contributed by atoms with van der Waals surface area (Å²) in [5, 5.41) is 7.85. The highest BCUT2D eigenvalue weighted by Gasteiger charge is 2.29. The number of hydrogen-bond acceptors (Lipinski definition) is 6. The van der Waals surface area contributed by atoms with Crippen LogP contribution in [0.3, 0.4) is 0 Å². The number of aryl methyl sites for hydroxylation is 1. The zero-order valence-electron chi connectivity index (χ0n) is 20.7. The van der Waals surface area contributed by atoms with Gasteiger partial charge in [0.2, 0.25) is 0 Å². The van der Waals surface area contributed by atoms with Crippen LogP contribution in [0.5, 0.6) is 0 Å². The van der Waals surface area contributed by atoms with Crippen LogP contribution in [0.4, 0.5) is 20.3 Å². The number of rotatable bonds is 5. The number of alkyl halides is 2. The molecule has 1 N–H and O–H groups in total. The summed E-state index contributed by atoms with van der Waals surface area (Å²) in [7, 11) is 3.60. The molecule has 5 heterocycles. The van der Waals surface area contributed by atoms with Crippen LogP contribution in [0, 0.1) is 0 Å². The van der Waals surface area contributed by atoms with Crippen molar-refractivity contribution in [1.29, 1.82) is 0 Å². The molecule has 1 aromatic carbocycles. The van der Waals surface area contributed by atoms with Crippen molar-refractivity contribution in [2.24, 2.45) is 0 Å². The van der Waals surface area contributed by atoms with Crippen LogP contribution in [0.15, 0.2) is 48.9 Å². The zero-order valence-corrected chi connectivity index (χ0v) is 20.7. The van der Waals surface area contributed by atoms with Crippen LogP contribution >= 0.6 is 0 Å². The molecule has 8 nitrogen and oxygen atoms in total. The van der Waals surface area contributed by atoms with Crippen molar-refractivity contribution < 1.29 is 13.6 Å². The molecule has 0 saturated carbocycles. The van der Waals surface area contributed by atoms with Gasteiger partial charge >= 0.3 is 0 Å². The van der Waals surface area contributed by atoms with Gasteiger partial charge in [-0.25, -0.2) is 13.8 Å². The molecule has 10 heteroatoms. The Morgan fingerprint density at radius 2 is 2.05 bits per heavy atom. The molecule has 0 aliphatic carbocycles. The van der Waals surface area contributed by atoms with Crippen molar-refractivity contribution >= 4 is 28.3 Å². The number of hydrogen-bond donors (Lipinski definition) is 1. The van der Waals surface area contributed by atoms with Crippen LogP contribution in [-0.2, 0) is 6.42 Å². The summed E-state index contributed by atoms with van der Waals surface area (Å²) in [6, 6.07) is 9.08. The highest BCUT2D eigenvalue weighted by atomic mass is 19.3. The van der Waals surface area contributed by atoms with Gasteiger partial charge in [0.05, 0.1) is 12.2 Å². The Morgan fingerprint density at radius 1 is 1.22 bits per heavy atom. The monoisotopic (exact) mass is 503 g/mol. The highest BCUT2D eigenvalue weighted by Crippen LogP contribution is 2.42. The lowest BCUT2D eigenvalue weighted by Gasteiger charge is -2.36. The van der Waals surface area contributed by atoms with E-state index in [4.69, 9.17) is 0 Å². The lowest BCUT2D eigenvalue weighted by atomic mass is 9.93. The third-order valence-corrected chi connectivity index (χ3v) is 7.22. The van der Waals surface area contributed by atoms with E-state index in [9.17, 15) is 13.6 Å². The van der Waals surface area contributed by atoms with E-state index in [2.05, 4.69) is 25.3 Å². The molecule has 0 unspecified atom stereocenters. The van der Waals surface area contributed by atoms with E-state index in [1.54, 1.807) is 37.6 Å². The van der Waals surface area contributed by atoms with Crippen LogP contribution in [0.2, 0.25) is 0 Å². The second-order valence-corrected chi connectivity index (χ2v) is 9.69. The lowest BCUT2D eigenvalue weighted by molar-refractivity contribution is 0.0958. The molecule has 190 valence electrons. The molecule has 1 saturated heterocycles. The van der Waals surface area contributed by atoms with Crippen LogP contribution < -0.4 is 10.2 Å². The first-order valence-electron chi connectivity index (χ1n) is 12.4. The zero-order chi connectivity index (χ0) is 25.7. The second kappa shape index (κ2) is 9.19. The van der Waals surface area contributed by atoms with Crippen molar-refractivity contribution in [2.45, 2.75) is 25.3 Å². The maximum Gasteiger partial charge on any atom is 0.269 e. The molecule has 37 heavy (non-hydrogen) atoms. The number of aromatic nitrogens is 4. The maximum absolute atomic E-state index is 14.4. The quantitative estimate of drug-likeness (QED) is 0.436. The smallest absolute Gasteiger partial charge is 0.269 e. The number of anilines is 2. The highest BCUT2D eigenvalue weighted by molar-refractivity contribution is 6.00. The number of pyridine rings is 2. The predicted molar refractivity (Wildman–Crippen MR) is 137 cm³/mol. The Kier molecular flexibility index (Phi) is 5.83. The van der Waals surface area contributed by atoms with Crippen molar-refractivity contribution in [3.8, 4) is 11.1 Å². The summed E-state index contributed by atoms with van der Waals surface area (Å²) < 4.78 is 30.8. The second-order valence-electron chi connectivity index (χ2n) is 9.69. The molecule has 2 aliphatic heterocycles. The molecule has 3 aromatic heterocycles. The minimum Gasteiger partial charge on any atom is -0.354 e. The summed E-state index contributed by atoms with van der Waals surface area (Å²) in [4.78, 5) is 25.7. The van der Waals surface area contributed by atoms with Gasteiger partial charge < -0.3 is 15.1 Å². The minimum absolute atomic E-state index is 0.0457. The number of benzene rings is 1. The fraction of sp³-hybridized carbons (Fsp3) is 0.333. The average Bonchev–Trinajstić information content (AvgIpc) is 3.38. The number of amides is 1. The van der Waals surface area contributed by atoms with Crippen molar-refractivity contribution in [3.63, 3.8) is 0 Å². The summed E-state index contributed by atoms with van der Waals surface area (Å²) in [6.07, 6.45) is 4.13. The third kappa shape index (κ3) is 4.11. The van der Waals surface area contributed by atoms with Gasteiger partial charge in [-0.05, 0) is 55.3 Å². The van der Waals surface area contributed by atoms with Gasteiger partial charge in [-0.15, -0.1) is 0 Å². The summed E-state index contributed by atoms with van der Waals surface area (Å²) in [6.45, 7) is 2.37. The van der Waals surface area contributed by atoms with E-state index in [1.165, 1.54) is 0 Å². The van der Waals surface area contributed by atoms with Gasteiger partial charge in [0.25, 0.3) is 12.3 Å². The van der Waals surface area contributed by atoms with E-state index < -0.39 is 6.43 Å².